The summed E-state index contributed by atoms with van der Waals surface area (Å²) in [5.41, 5.74) is 0.634. The van der Waals surface area contributed by atoms with Crippen molar-refractivity contribution in [3.63, 3.8) is 0 Å². The van der Waals surface area contributed by atoms with E-state index in [-0.39, 0.29) is 24.3 Å². The van der Waals surface area contributed by atoms with Gasteiger partial charge in [0.2, 0.25) is 17.7 Å². The number of nitrogens with one attached hydrogen (secondary N) is 1. The van der Waals surface area contributed by atoms with Crippen LogP contribution < -0.4 is 15.0 Å². The average molecular weight is 382 g/mol. The summed E-state index contributed by atoms with van der Waals surface area (Å²) >= 11 is 0. The normalized spacial score (nSPS) is 16.6. The molecule has 0 bridgehead atoms. The van der Waals surface area contributed by atoms with Crippen LogP contribution in [-0.2, 0) is 9.59 Å². The number of anilines is 2. The van der Waals surface area contributed by atoms with Crippen LogP contribution in [0, 0.1) is 5.92 Å². The number of aromatic nitrogens is 3. The van der Waals surface area contributed by atoms with Crippen LogP contribution in [0.3, 0.4) is 0 Å². The highest BCUT2D eigenvalue weighted by Crippen LogP contribution is 2.30. The molecule has 2 fully saturated rings. The molecule has 0 atom stereocenters. The number of amides is 2. The van der Waals surface area contributed by atoms with E-state index in [2.05, 4.69) is 25.2 Å². The van der Waals surface area contributed by atoms with E-state index in [0.717, 1.165) is 12.8 Å². The second kappa shape index (κ2) is 8.20. The van der Waals surface area contributed by atoms with E-state index in [9.17, 15) is 9.59 Å². The van der Waals surface area contributed by atoms with Crippen molar-refractivity contribution in [3.05, 3.63) is 36.8 Å². The van der Waals surface area contributed by atoms with Crippen LogP contribution >= 0.6 is 0 Å². The van der Waals surface area contributed by atoms with Gasteiger partial charge in [0.15, 0.2) is 6.61 Å². The summed E-state index contributed by atoms with van der Waals surface area (Å²) in [4.78, 5) is 40.6. The lowest BCUT2D eigenvalue weighted by Gasteiger charge is -2.34. The lowest BCUT2D eigenvalue weighted by Crippen LogP contribution is -2.50. The van der Waals surface area contributed by atoms with E-state index in [4.69, 9.17) is 4.74 Å². The van der Waals surface area contributed by atoms with Gasteiger partial charge in [0.1, 0.15) is 0 Å². The van der Waals surface area contributed by atoms with Crippen molar-refractivity contribution < 1.29 is 14.3 Å². The second-order valence-electron chi connectivity index (χ2n) is 6.85. The van der Waals surface area contributed by atoms with E-state index < -0.39 is 0 Å². The third kappa shape index (κ3) is 4.54. The first-order valence-electron chi connectivity index (χ1n) is 9.38. The number of carbonyl (C=O) groups excluding carboxylic acids is 2. The van der Waals surface area contributed by atoms with Crippen molar-refractivity contribution >= 4 is 23.5 Å². The minimum absolute atomic E-state index is 0.0330. The smallest absolute Gasteiger partial charge is 0.260 e. The standard InChI is InChI=1S/C19H22N6O3/c26-17(24-8-10-25(11-9-24)19-20-6-1-7-21-19)13-28-16-5-4-15(12-22-16)23-18(27)14-2-3-14/h1,4-7,12,14H,2-3,8-11,13H2,(H,23,27). The first kappa shape index (κ1) is 18.1. The van der Waals surface area contributed by atoms with Gasteiger partial charge < -0.3 is 19.9 Å². The van der Waals surface area contributed by atoms with E-state index in [1.54, 1.807) is 41.7 Å². The minimum Gasteiger partial charge on any atom is -0.468 e. The van der Waals surface area contributed by atoms with Crippen LogP contribution in [0.15, 0.2) is 36.8 Å². The molecule has 1 aliphatic heterocycles. The Labute approximate surface area is 162 Å². The molecule has 146 valence electrons. The molecule has 0 unspecified atom stereocenters. The van der Waals surface area contributed by atoms with Crippen molar-refractivity contribution in [2.45, 2.75) is 12.8 Å². The predicted molar refractivity (Wildman–Crippen MR) is 102 cm³/mol. The average Bonchev–Trinajstić information content (AvgIpc) is 3.59. The van der Waals surface area contributed by atoms with Crippen LogP contribution in [0.2, 0.25) is 0 Å². The first-order valence-corrected chi connectivity index (χ1v) is 9.38. The fraction of sp³-hybridized carbons (Fsp3) is 0.421. The summed E-state index contributed by atoms with van der Waals surface area (Å²) in [7, 11) is 0. The van der Waals surface area contributed by atoms with E-state index in [1.165, 1.54) is 0 Å². The molecule has 9 heteroatoms. The molecule has 0 radical (unpaired) electrons. The highest BCUT2D eigenvalue weighted by atomic mass is 16.5. The maximum atomic E-state index is 12.4. The summed E-state index contributed by atoms with van der Waals surface area (Å²) in [5, 5.41) is 2.82. The van der Waals surface area contributed by atoms with Gasteiger partial charge in [-0.3, -0.25) is 9.59 Å². The lowest BCUT2D eigenvalue weighted by molar-refractivity contribution is -0.133. The largest absolute Gasteiger partial charge is 0.468 e. The van der Waals surface area contributed by atoms with Gasteiger partial charge in [0.25, 0.3) is 5.91 Å². The third-order valence-corrected chi connectivity index (χ3v) is 4.76. The number of rotatable bonds is 6. The number of pyridine rings is 1. The van der Waals surface area contributed by atoms with Crippen molar-refractivity contribution in [1.29, 1.82) is 0 Å². The first-order chi connectivity index (χ1) is 13.7. The van der Waals surface area contributed by atoms with E-state index in [0.29, 0.717) is 43.7 Å². The zero-order valence-corrected chi connectivity index (χ0v) is 15.5. The molecule has 1 aliphatic carbocycles. The molecule has 2 amide bonds. The van der Waals surface area contributed by atoms with Crippen molar-refractivity contribution in [1.82, 2.24) is 19.9 Å². The molecular formula is C19H22N6O3. The molecule has 1 saturated heterocycles. The van der Waals surface area contributed by atoms with Gasteiger partial charge in [0.05, 0.1) is 11.9 Å². The third-order valence-electron chi connectivity index (χ3n) is 4.76. The van der Waals surface area contributed by atoms with Crippen molar-refractivity contribution in [3.8, 4) is 5.88 Å². The summed E-state index contributed by atoms with van der Waals surface area (Å²) < 4.78 is 5.50. The van der Waals surface area contributed by atoms with Crippen molar-refractivity contribution in [2.75, 3.05) is 43.0 Å². The van der Waals surface area contributed by atoms with Crippen molar-refractivity contribution in [2.24, 2.45) is 5.92 Å². The molecule has 28 heavy (non-hydrogen) atoms. The molecule has 9 nitrogen and oxygen atoms in total. The van der Waals surface area contributed by atoms with Gasteiger partial charge in [-0.05, 0) is 25.0 Å². The summed E-state index contributed by atoms with van der Waals surface area (Å²) in [6.45, 7) is 2.50. The maximum Gasteiger partial charge on any atom is 0.260 e. The monoisotopic (exact) mass is 382 g/mol. The number of carbonyl (C=O) groups is 2. The summed E-state index contributed by atoms with van der Waals surface area (Å²) in [6, 6.07) is 5.16. The molecule has 2 aliphatic rings. The Balaban J connectivity index is 1.22. The Bertz CT molecular complexity index is 817. The van der Waals surface area contributed by atoms with Crippen LogP contribution in [0.1, 0.15) is 12.8 Å². The molecule has 0 spiro atoms. The Hall–Kier alpha value is -3.23. The number of hydrogen-bond acceptors (Lipinski definition) is 7. The molecule has 1 saturated carbocycles. The number of hydrogen-bond donors (Lipinski definition) is 1. The fourth-order valence-electron chi connectivity index (χ4n) is 2.97. The zero-order chi connectivity index (χ0) is 19.3. The molecule has 2 aromatic rings. The number of nitrogens with zero attached hydrogens (tertiary/aromatic N) is 5. The quantitative estimate of drug-likeness (QED) is 0.794. The molecule has 2 aromatic heterocycles. The lowest BCUT2D eigenvalue weighted by atomic mass is 10.3. The molecular weight excluding hydrogens is 360 g/mol. The fourth-order valence-corrected chi connectivity index (χ4v) is 2.97. The Morgan fingerprint density at radius 3 is 2.46 bits per heavy atom. The van der Waals surface area contributed by atoms with Crippen LogP contribution in [0.4, 0.5) is 11.6 Å². The van der Waals surface area contributed by atoms with E-state index >= 15 is 0 Å². The number of ether oxygens (including phenoxy) is 1. The Morgan fingerprint density at radius 1 is 1.07 bits per heavy atom. The van der Waals surface area contributed by atoms with Crippen LogP contribution in [-0.4, -0.2) is 64.5 Å². The summed E-state index contributed by atoms with van der Waals surface area (Å²) in [5.74, 6) is 1.13. The van der Waals surface area contributed by atoms with Gasteiger partial charge >= 0.3 is 0 Å². The Kier molecular flexibility index (Phi) is 5.31. The van der Waals surface area contributed by atoms with Crippen LogP contribution in [0.5, 0.6) is 5.88 Å². The van der Waals surface area contributed by atoms with E-state index in [1.807, 2.05) is 0 Å². The SMILES string of the molecule is O=C(Nc1ccc(OCC(=O)N2CCN(c3ncccn3)CC2)nc1)C1CC1. The van der Waals surface area contributed by atoms with Gasteiger partial charge in [-0.2, -0.15) is 0 Å². The highest BCUT2D eigenvalue weighted by Gasteiger charge is 2.29. The zero-order valence-electron chi connectivity index (χ0n) is 15.5. The topological polar surface area (TPSA) is 101 Å². The van der Waals surface area contributed by atoms with Gasteiger partial charge in [-0.15, -0.1) is 0 Å². The minimum atomic E-state index is -0.0819. The molecule has 4 rings (SSSR count). The molecule has 1 N–H and O–H groups in total. The summed E-state index contributed by atoms with van der Waals surface area (Å²) in [6.07, 6.45) is 6.87. The van der Waals surface area contributed by atoms with Gasteiger partial charge in [-0.1, -0.05) is 0 Å². The predicted octanol–water partition coefficient (Wildman–Crippen LogP) is 0.948. The number of piperazine rings is 1. The highest BCUT2D eigenvalue weighted by molar-refractivity contribution is 5.93. The Morgan fingerprint density at radius 2 is 1.82 bits per heavy atom. The second-order valence-corrected chi connectivity index (χ2v) is 6.85. The van der Waals surface area contributed by atoms with Crippen LogP contribution in [0.25, 0.3) is 0 Å². The van der Waals surface area contributed by atoms with Gasteiger partial charge in [-0.25, -0.2) is 15.0 Å². The molecule has 3 heterocycles. The molecule has 0 aromatic carbocycles. The van der Waals surface area contributed by atoms with Gasteiger partial charge in [0, 0.05) is 50.6 Å². The maximum absolute atomic E-state index is 12.4.